The Morgan fingerprint density at radius 1 is 0.213 bits per heavy atom. The first-order valence-electron chi connectivity index (χ1n) is 44.3. The fourth-order valence-electron chi connectivity index (χ4n) is 19.6. The van der Waals surface area contributed by atoms with Crippen molar-refractivity contribution in [1.29, 1.82) is 0 Å². The second-order valence-electron chi connectivity index (χ2n) is 35.1. The van der Waals surface area contributed by atoms with Crippen LogP contribution in [0.3, 0.4) is 0 Å². The van der Waals surface area contributed by atoms with Crippen molar-refractivity contribution in [2.75, 3.05) is 52.9 Å². The lowest BCUT2D eigenvalue weighted by Crippen LogP contribution is -2.63. The van der Waals surface area contributed by atoms with Gasteiger partial charge >= 0.3 is 0 Å². The van der Waals surface area contributed by atoms with Gasteiger partial charge in [-0.15, -0.1) is 0 Å². The number of hydrogen-bond donors (Lipinski definition) is 30. The van der Waals surface area contributed by atoms with Crippen molar-refractivity contribution in [3.63, 3.8) is 0 Å². The van der Waals surface area contributed by atoms with Gasteiger partial charge in [-0.05, 0) is 93.1 Å². The van der Waals surface area contributed by atoms with Crippen LogP contribution in [0, 0.1) is 0 Å². The Morgan fingerprint density at radius 2 is 0.404 bits per heavy atom. The van der Waals surface area contributed by atoms with Gasteiger partial charge in [0, 0.05) is 44.3 Å². The summed E-state index contributed by atoms with van der Waals surface area (Å²) in [6.45, 7) is -7.25. The lowest BCUT2D eigenvalue weighted by atomic mass is 9.86. The summed E-state index contributed by atoms with van der Waals surface area (Å²) >= 11 is 0. The van der Waals surface area contributed by atoms with Gasteiger partial charge in [-0.3, -0.25) is 0 Å². The van der Waals surface area contributed by atoms with E-state index in [1.807, 2.05) is 0 Å². The molecule has 13 heterocycles. The molecular weight excluding hydrogens is 1800 g/mol. The van der Waals surface area contributed by atoms with Gasteiger partial charge in [0.2, 0.25) is 0 Å². The second-order valence-corrected chi connectivity index (χ2v) is 35.1. The van der Waals surface area contributed by atoms with Crippen molar-refractivity contribution >= 4 is 46.4 Å². The van der Waals surface area contributed by atoms with Gasteiger partial charge < -0.3 is 210 Å². The van der Waals surface area contributed by atoms with Crippen LogP contribution in [0.2, 0.25) is 0 Å². The highest BCUT2D eigenvalue weighted by atomic mass is 16.8. The molecule has 0 amide bonds. The number of aliphatic hydroxyl groups is 28. The summed E-state index contributed by atoms with van der Waals surface area (Å²) in [4.78, 5) is 18.1. The molecule has 30 N–H and O–H groups in total. The first kappa shape index (κ1) is 99.4. The molecule has 8 bridgehead atoms. The summed E-state index contributed by atoms with van der Waals surface area (Å²) in [6, 6.07) is 32.1. The number of aliphatic hydroxyl groups excluding tert-OH is 28. The molecule has 0 radical (unpaired) electrons. The molecule has 44 heteroatoms. The van der Waals surface area contributed by atoms with Crippen molar-refractivity contribution < 1.29 is 200 Å². The maximum Gasteiger partial charge on any atom is 0.187 e. The summed E-state index contributed by atoms with van der Waals surface area (Å²) in [6.07, 6.45) is -66.7. The lowest BCUT2D eigenvalue weighted by molar-refractivity contribution is -0.342. The Bertz CT molecular complexity index is 4890. The maximum atomic E-state index is 12.6. The van der Waals surface area contributed by atoms with E-state index < -0.39 is 298 Å². The first-order chi connectivity index (χ1) is 65.4. The van der Waals surface area contributed by atoms with Crippen LogP contribution in [0.5, 0.6) is 0 Å². The highest BCUT2D eigenvalue weighted by Crippen LogP contribution is 2.50. The van der Waals surface area contributed by atoms with Crippen molar-refractivity contribution in [3.8, 4) is 44.5 Å². The SMILES string of the molecule is OC[C@H]1O[C@@H](O[C@H]2[C@H](O)[C@@H](O)C(c3ccccc3-c3c4nc(c(-c5ccccc5C5O[C@H](CO)[C@@H](O[C@@H]6O[C@H](CO)[C@H](O)[C@H](O)[C@H]6O)[C@H](O)[C@H]5O)c5ccc([nH]5)c(-c5ccccc5C5O[C@H](CO)[C@@H](O[C@@H]6O[C@H](CO)[C@H](O)[C@H](O)[C@H]6O)[C@H](O)[C@H]5O)c5nc(c(-c6ccccc6C6O[C@H](CO)[C@@H](O[C@@H]7O[C@H](CO)[C@H](O)[C@H](O)[C@H]7O)[C@H](O)[C@H]6O)c6ccc3[nH]6)C=C5)C=C4)O[C@@H]2CO)[C@H](O)[C@@H](O)[C@H]1O. The molecule has 4 aromatic carbocycles. The van der Waals surface area contributed by atoms with Crippen molar-refractivity contribution in [2.24, 2.45) is 0 Å². The molecule has 10 aliphatic heterocycles. The molecular formula is C92H110N4O40. The number of ether oxygens (including phenoxy) is 12. The molecule has 8 fully saturated rings. The number of aromatic nitrogens is 4. The summed E-state index contributed by atoms with van der Waals surface area (Å²) < 4.78 is 72.9. The monoisotopic (exact) mass is 1910 g/mol. The number of H-pyrrole nitrogens is 2. The Labute approximate surface area is 771 Å². The summed E-state index contributed by atoms with van der Waals surface area (Å²) in [5.41, 5.74) is 2.91. The lowest BCUT2D eigenvalue weighted by Gasteiger charge is -2.46. The molecule has 0 spiro atoms. The molecule has 136 heavy (non-hydrogen) atoms. The van der Waals surface area contributed by atoms with Gasteiger partial charge in [-0.2, -0.15) is 0 Å². The quantitative estimate of drug-likeness (QED) is 0.0267. The van der Waals surface area contributed by atoms with Gasteiger partial charge in [-0.25, -0.2) is 9.97 Å². The highest BCUT2D eigenvalue weighted by molar-refractivity contribution is 6.01. The average molecular weight is 1910 g/mol. The third-order valence-electron chi connectivity index (χ3n) is 26.9. The van der Waals surface area contributed by atoms with Crippen LogP contribution in [0.15, 0.2) is 121 Å². The number of rotatable bonds is 24. The summed E-state index contributed by atoms with van der Waals surface area (Å²) in [7, 11) is 0. The van der Waals surface area contributed by atoms with Crippen LogP contribution in [-0.4, -0.2) is 436 Å². The number of hydrogen-bond acceptors (Lipinski definition) is 42. The van der Waals surface area contributed by atoms with Gasteiger partial charge in [-0.1, -0.05) is 97.1 Å². The molecule has 40 atom stereocenters. The minimum absolute atomic E-state index is 0.0892. The largest absolute Gasteiger partial charge is 0.394 e. The zero-order chi connectivity index (χ0) is 96.6. The smallest absolute Gasteiger partial charge is 0.187 e. The third kappa shape index (κ3) is 18.3. The highest BCUT2D eigenvalue weighted by Gasteiger charge is 2.58. The molecule has 44 nitrogen and oxygen atoms in total. The fourth-order valence-corrected chi connectivity index (χ4v) is 19.6. The molecule has 738 valence electrons. The minimum atomic E-state index is -2.04. The Hall–Kier alpha value is -8.12. The van der Waals surface area contributed by atoms with Crippen molar-refractivity contribution in [3.05, 3.63) is 166 Å². The summed E-state index contributed by atoms with van der Waals surface area (Å²) in [5, 5.41) is 316. The van der Waals surface area contributed by atoms with Crippen LogP contribution in [0.4, 0.5) is 0 Å². The van der Waals surface area contributed by atoms with Gasteiger partial charge in [0.25, 0.3) is 0 Å². The molecule has 4 unspecified atom stereocenters. The number of benzene rings is 4. The topological polar surface area (TPSA) is 735 Å². The standard InChI is InChI=1S/C92H110N4O40/c97-25-49-61(105)65(109)77(121)89(129-49)133-85-53(29-101)125-81(69(113)73(85)117)37-13-5-1-9-33(37)57-41-17-19-43(93-41)58(34-10-2-6-14-38(34)82-70(114)74(118)86(54(30-102)126-82)134-90-78(122)66(110)62(106)50(26-98)130-90)45-21-23-47(95-45)60(36-12-4-8-16-40(36)84-72(116)76(120)88(56(32-104)128-84)136-92-80(124)68(112)64(108)52(28-100)132-92)48-24-22-46(96-48)59(44-20-18-42(57)94-44)35-11-3-7-15-39(35)83-71(115)75(119)87(55(31-103)127-83)135-91-79(123)67(111)63(107)51(27-99)131-91/h1-24,49-56,61-93,96-124H,25-32H2/t49-,50-,51-,52-,53-,54-,55-,56-,61+,62+,63+,64+,65+,66+,67+,68+,69-,70-,71-,72-,73-,74-,75-,76-,77-,78-,79-,80-,81?,82?,83?,84?,85-,86-,87-,88-,89+,90+,91+,92+/m1/s1. The minimum Gasteiger partial charge on any atom is -0.394 e. The second kappa shape index (κ2) is 41.6. The van der Waals surface area contributed by atoms with E-state index in [1.165, 1.54) is 0 Å². The first-order valence-corrected chi connectivity index (χ1v) is 44.3. The van der Waals surface area contributed by atoms with E-state index in [0.717, 1.165) is 0 Å². The van der Waals surface area contributed by atoms with Crippen LogP contribution in [-0.2, 0) is 56.8 Å². The predicted molar refractivity (Wildman–Crippen MR) is 462 cm³/mol. The van der Waals surface area contributed by atoms with E-state index in [0.29, 0.717) is 0 Å². The van der Waals surface area contributed by atoms with Crippen LogP contribution in [0.25, 0.3) is 90.9 Å². The third-order valence-corrected chi connectivity index (χ3v) is 26.9. The van der Waals surface area contributed by atoms with E-state index in [-0.39, 0.29) is 112 Å². The van der Waals surface area contributed by atoms with Crippen LogP contribution < -0.4 is 0 Å². The van der Waals surface area contributed by atoms with E-state index in [1.54, 1.807) is 146 Å². The molecule has 3 aromatic heterocycles. The fraction of sp³-hybridized carbons (Fsp3) is 0.522. The molecule has 0 aliphatic carbocycles. The Balaban J connectivity index is 0.881. The number of aromatic amines is 2. The van der Waals surface area contributed by atoms with Gasteiger partial charge in [0.15, 0.2) is 25.2 Å². The molecule has 10 aliphatic rings. The average Bonchev–Trinajstić information content (AvgIpc) is 1.52. The molecule has 7 aromatic rings. The zero-order valence-electron chi connectivity index (χ0n) is 71.9. The number of nitrogens with one attached hydrogen (secondary N) is 2. The van der Waals surface area contributed by atoms with E-state index in [2.05, 4.69) is 9.97 Å². The number of nitrogens with zero attached hydrogens (tertiary/aromatic N) is 2. The van der Waals surface area contributed by atoms with Gasteiger partial charge in [0.1, 0.15) is 220 Å². The molecule has 0 saturated carbocycles. The maximum absolute atomic E-state index is 12.6. The zero-order valence-corrected chi connectivity index (χ0v) is 71.9. The van der Waals surface area contributed by atoms with Gasteiger partial charge in [0.05, 0.1) is 75.6 Å². The van der Waals surface area contributed by atoms with Crippen molar-refractivity contribution in [2.45, 2.75) is 245 Å². The van der Waals surface area contributed by atoms with Crippen LogP contribution in [0.1, 0.15) is 69.4 Å². The van der Waals surface area contributed by atoms with E-state index >= 15 is 0 Å². The predicted octanol–water partition coefficient (Wildman–Crippen LogP) is -7.32. The number of fused-ring (bicyclic) bond motifs is 8. The molecule has 17 rings (SSSR count). The molecule has 8 saturated heterocycles. The van der Waals surface area contributed by atoms with E-state index in [9.17, 15) is 143 Å². The van der Waals surface area contributed by atoms with E-state index in [4.69, 9.17) is 66.8 Å². The Morgan fingerprint density at radius 3 is 0.596 bits per heavy atom. The normalized spacial score (nSPS) is 39.4. The van der Waals surface area contributed by atoms with Crippen molar-refractivity contribution in [1.82, 2.24) is 19.9 Å². The Kier molecular flexibility index (Phi) is 30.4. The van der Waals surface area contributed by atoms with Crippen LogP contribution >= 0.6 is 0 Å². The summed E-state index contributed by atoms with van der Waals surface area (Å²) in [5.74, 6) is 0.